The van der Waals surface area contributed by atoms with Crippen LogP contribution in [-0.4, -0.2) is 9.79 Å². The van der Waals surface area contributed by atoms with Gasteiger partial charge in [-0.3, -0.25) is 4.57 Å². The SMILES string of the molecule is Cc1ccc(-c2ccc(P(=O)(O)O)s2)cc1. The molecule has 0 fully saturated rings. The molecular formula is C11H11O3PS. The number of rotatable bonds is 2. The maximum absolute atomic E-state index is 11.0. The van der Waals surface area contributed by atoms with Gasteiger partial charge >= 0.3 is 7.60 Å². The van der Waals surface area contributed by atoms with E-state index in [9.17, 15) is 4.57 Å². The molecule has 0 saturated heterocycles. The maximum Gasteiger partial charge on any atom is 0.366 e. The van der Waals surface area contributed by atoms with Crippen molar-refractivity contribution in [2.75, 3.05) is 0 Å². The molecule has 0 amide bonds. The summed E-state index contributed by atoms with van der Waals surface area (Å²) in [6, 6.07) is 11.1. The van der Waals surface area contributed by atoms with Crippen molar-refractivity contribution < 1.29 is 14.4 Å². The molecule has 2 N–H and O–H groups in total. The van der Waals surface area contributed by atoms with E-state index in [-0.39, 0.29) is 4.62 Å². The van der Waals surface area contributed by atoms with Gasteiger partial charge in [-0.1, -0.05) is 29.8 Å². The average Bonchev–Trinajstić information content (AvgIpc) is 2.67. The molecule has 0 bridgehead atoms. The Hall–Kier alpha value is -0.930. The first-order valence-corrected chi connectivity index (χ1v) is 7.13. The third-order valence-corrected chi connectivity index (χ3v) is 4.86. The lowest BCUT2D eigenvalue weighted by atomic mass is 10.1. The van der Waals surface area contributed by atoms with E-state index in [1.807, 2.05) is 31.2 Å². The fourth-order valence-corrected chi connectivity index (χ4v) is 3.15. The largest absolute Gasteiger partial charge is 0.366 e. The van der Waals surface area contributed by atoms with Crippen molar-refractivity contribution in [3.63, 3.8) is 0 Å². The zero-order valence-corrected chi connectivity index (χ0v) is 10.3. The fraction of sp³-hybridized carbons (Fsp3) is 0.0909. The predicted octanol–water partition coefficient (Wildman–Crippen LogP) is 2.53. The van der Waals surface area contributed by atoms with Crippen LogP contribution in [0.3, 0.4) is 0 Å². The Labute approximate surface area is 97.5 Å². The van der Waals surface area contributed by atoms with Crippen LogP contribution in [0.2, 0.25) is 0 Å². The number of hydrogen-bond acceptors (Lipinski definition) is 2. The van der Waals surface area contributed by atoms with Crippen molar-refractivity contribution >= 4 is 23.6 Å². The summed E-state index contributed by atoms with van der Waals surface area (Å²) in [5.41, 5.74) is 2.14. The Morgan fingerprint density at radius 3 is 2.19 bits per heavy atom. The van der Waals surface area contributed by atoms with E-state index in [1.54, 1.807) is 6.07 Å². The molecule has 84 valence electrons. The maximum atomic E-state index is 11.0. The first-order chi connectivity index (χ1) is 7.47. The third-order valence-electron chi connectivity index (χ3n) is 2.21. The number of hydrogen-bond donors (Lipinski definition) is 2. The number of benzene rings is 1. The Morgan fingerprint density at radius 2 is 1.69 bits per heavy atom. The molecular weight excluding hydrogens is 243 g/mol. The highest BCUT2D eigenvalue weighted by Crippen LogP contribution is 2.38. The van der Waals surface area contributed by atoms with Gasteiger partial charge in [0.15, 0.2) is 0 Å². The van der Waals surface area contributed by atoms with E-state index in [1.165, 1.54) is 6.07 Å². The van der Waals surface area contributed by atoms with Crippen LogP contribution < -0.4 is 4.62 Å². The average molecular weight is 254 g/mol. The highest BCUT2D eigenvalue weighted by molar-refractivity contribution is 7.67. The van der Waals surface area contributed by atoms with Gasteiger partial charge in [0.05, 0.1) is 0 Å². The molecule has 0 aliphatic carbocycles. The Bertz CT molecular complexity index is 539. The van der Waals surface area contributed by atoms with Crippen LogP contribution in [0.4, 0.5) is 0 Å². The van der Waals surface area contributed by atoms with E-state index in [0.717, 1.165) is 27.3 Å². The summed E-state index contributed by atoms with van der Waals surface area (Å²) in [7, 11) is -4.11. The summed E-state index contributed by atoms with van der Waals surface area (Å²) in [4.78, 5) is 18.9. The first kappa shape index (κ1) is 11.6. The molecule has 0 radical (unpaired) electrons. The predicted molar refractivity (Wildman–Crippen MR) is 66.2 cm³/mol. The van der Waals surface area contributed by atoms with Crippen molar-refractivity contribution in [1.29, 1.82) is 0 Å². The second-order valence-electron chi connectivity index (χ2n) is 3.55. The summed E-state index contributed by atoms with van der Waals surface area (Å²) in [6.07, 6.45) is 0. The molecule has 0 spiro atoms. The number of aryl methyl sites for hydroxylation is 1. The smallest absolute Gasteiger partial charge is 0.320 e. The van der Waals surface area contributed by atoms with E-state index >= 15 is 0 Å². The topological polar surface area (TPSA) is 57.5 Å². The van der Waals surface area contributed by atoms with Crippen molar-refractivity contribution in [2.45, 2.75) is 6.92 Å². The van der Waals surface area contributed by atoms with Gasteiger partial charge in [0, 0.05) is 4.88 Å². The zero-order chi connectivity index (χ0) is 11.8. The molecule has 0 saturated carbocycles. The summed E-state index contributed by atoms with van der Waals surface area (Å²) < 4.78 is 11.2. The summed E-state index contributed by atoms with van der Waals surface area (Å²) in [5, 5.41) is 0. The first-order valence-electron chi connectivity index (χ1n) is 4.70. The van der Waals surface area contributed by atoms with Crippen molar-refractivity contribution in [3.8, 4) is 10.4 Å². The lowest BCUT2D eigenvalue weighted by Gasteiger charge is -1.99. The molecule has 0 atom stereocenters. The third kappa shape index (κ3) is 2.42. The van der Waals surface area contributed by atoms with Crippen molar-refractivity contribution in [2.24, 2.45) is 0 Å². The molecule has 0 aliphatic heterocycles. The highest BCUT2D eigenvalue weighted by atomic mass is 32.1. The lowest BCUT2D eigenvalue weighted by molar-refractivity contribution is 0.388. The molecule has 1 aromatic carbocycles. The fourth-order valence-electron chi connectivity index (χ4n) is 1.36. The van der Waals surface area contributed by atoms with Crippen LogP contribution in [0.15, 0.2) is 36.4 Å². The van der Waals surface area contributed by atoms with Gasteiger partial charge in [0.1, 0.15) is 4.62 Å². The van der Waals surface area contributed by atoms with Crippen LogP contribution in [-0.2, 0) is 4.57 Å². The molecule has 0 unspecified atom stereocenters. The quantitative estimate of drug-likeness (QED) is 0.810. The molecule has 5 heteroatoms. The van der Waals surface area contributed by atoms with Gasteiger partial charge < -0.3 is 9.79 Å². The van der Waals surface area contributed by atoms with Crippen LogP contribution in [0.1, 0.15) is 5.56 Å². The minimum atomic E-state index is -4.11. The van der Waals surface area contributed by atoms with Gasteiger partial charge in [0.25, 0.3) is 0 Å². The van der Waals surface area contributed by atoms with Gasteiger partial charge in [-0.25, -0.2) is 0 Å². The number of thiophene rings is 1. The van der Waals surface area contributed by atoms with E-state index in [0.29, 0.717) is 0 Å². The molecule has 1 aromatic heterocycles. The summed E-state index contributed by atoms with van der Waals surface area (Å²) in [5.74, 6) is 0. The highest BCUT2D eigenvalue weighted by Gasteiger charge is 2.19. The minimum Gasteiger partial charge on any atom is -0.320 e. The van der Waals surface area contributed by atoms with E-state index < -0.39 is 7.60 Å². The van der Waals surface area contributed by atoms with Gasteiger partial charge in [-0.2, -0.15) is 0 Å². The van der Waals surface area contributed by atoms with Gasteiger partial charge in [-0.15, -0.1) is 11.3 Å². The normalized spacial score (nSPS) is 11.7. The molecule has 3 nitrogen and oxygen atoms in total. The Morgan fingerprint density at radius 1 is 1.06 bits per heavy atom. The molecule has 1 heterocycles. The Balaban J connectivity index is 2.39. The van der Waals surface area contributed by atoms with Crippen LogP contribution in [0.25, 0.3) is 10.4 Å². The van der Waals surface area contributed by atoms with Crippen molar-refractivity contribution in [1.82, 2.24) is 0 Å². The second-order valence-corrected chi connectivity index (χ2v) is 6.50. The molecule has 0 aliphatic rings. The van der Waals surface area contributed by atoms with Crippen LogP contribution in [0, 0.1) is 6.92 Å². The lowest BCUT2D eigenvalue weighted by Crippen LogP contribution is -1.94. The summed E-state index contributed by atoms with van der Waals surface area (Å²) in [6.45, 7) is 2.00. The Kier molecular flexibility index (Phi) is 3.00. The summed E-state index contributed by atoms with van der Waals surface area (Å²) >= 11 is 1.14. The molecule has 16 heavy (non-hydrogen) atoms. The molecule has 2 aromatic rings. The van der Waals surface area contributed by atoms with Crippen molar-refractivity contribution in [3.05, 3.63) is 42.0 Å². The van der Waals surface area contributed by atoms with Gasteiger partial charge in [-0.05, 0) is 24.6 Å². The van der Waals surface area contributed by atoms with Crippen LogP contribution in [0.5, 0.6) is 0 Å². The molecule has 2 rings (SSSR count). The standard InChI is InChI=1S/C11H11O3PS/c1-8-2-4-9(5-3-8)10-6-7-11(16-10)15(12,13)14/h2-7H,1H3,(H2,12,13,14). The zero-order valence-electron chi connectivity index (χ0n) is 8.62. The van der Waals surface area contributed by atoms with Gasteiger partial charge in [0.2, 0.25) is 0 Å². The monoisotopic (exact) mass is 254 g/mol. The second kappa shape index (κ2) is 4.15. The van der Waals surface area contributed by atoms with E-state index in [2.05, 4.69) is 0 Å². The van der Waals surface area contributed by atoms with E-state index in [4.69, 9.17) is 9.79 Å². The minimum absolute atomic E-state index is 0.114. The van der Waals surface area contributed by atoms with Crippen LogP contribution >= 0.6 is 18.9 Å².